The lowest BCUT2D eigenvalue weighted by atomic mass is 10.00. The van der Waals surface area contributed by atoms with Crippen LogP contribution in [0.2, 0.25) is 0 Å². The molecule has 1 saturated heterocycles. The summed E-state index contributed by atoms with van der Waals surface area (Å²) in [5.41, 5.74) is 0.878. The highest BCUT2D eigenvalue weighted by Gasteiger charge is 2.17. The molecule has 1 aromatic carbocycles. The number of thiophene rings is 1. The third kappa shape index (κ3) is 2.88. The molecule has 19 heavy (non-hydrogen) atoms. The number of carbonyl (C=O) groups is 1. The molecule has 1 aliphatic rings. The van der Waals surface area contributed by atoms with Crippen LogP contribution in [0.25, 0.3) is 10.1 Å². The lowest BCUT2D eigenvalue weighted by Crippen LogP contribution is -2.20. The summed E-state index contributed by atoms with van der Waals surface area (Å²) < 4.78 is 6.81. The highest BCUT2D eigenvalue weighted by atomic mass is 32.1. The van der Waals surface area contributed by atoms with Crippen molar-refractivity contribution in [3.63, 3.8) is 0 Å². The molecule has 0 bridgehead atoms. The Morgan fingerprint density at radius 3 is 3.11 bits per heavy atom. The first kappa shape index (κ1) is 12.8. The molecule has 2 heterocycles. The standard InChI is InChI=1S/C16H18O2S/c17-15(8-7-13-5-1-2-10-18-13)14-6-3-4-12-9-11-19-16(12)14/h3-4,6,9,11,13H,1-2,5,7-8,10H2. The van der Waals surface area contributed by atoms with Crippen molar-refractivity contribution in [2.45, 2.75) is 38.2 Å². The van der Waals surface area contributed by atoms with E-state index >= 15 is 0 Å². The van der Waals surface area contributed by atoms with Crippen LogP contribution in [0, 0.1) is 0 Å². The number of fused-ring (bicyclic) bond motifs is 1. The van der Waals surface area contributed by atoms with Crippen LogP contribution in [-0.2, 0) is 4.74 Å². The minimum absolute atomic E-state index is 0.252. The van der Waals surface area contributed by atoms with Gasteiger partial charge in [0.2, 0.25) is 0 Å². The molecule has 0 saturated carbocycles. The molecule has 2 nitrogen and oxygen atoms in total. The molecule has 1 unspecified atom stereocenters. The lowest BCUT2D eigenvalue weighted by molar-refractivity contribution is 0.0104. The number of Topliss-reactive ketones (excluding diaryl/α,β-unsaturated/α-hetero) is 1. The van der Waals surface area contributed by atoms with E-state index in [1.807, 2.05) is 17.5 Å². The topological polar surface area (TPSA) is 26.3 Å². The largest absolute Gasteiger partial charge is 0.378 e. The van der Waals surface area contributed by atoms with Gasteiger partial charge in [-0.2, -0.15) is 0 Å². The normalized spacial score (nSPS) is 19.7. The van der Waals surface area contributed by atoms with Gasteiger partial charge < -0.3 is 4.74 Å². The van der Waals surface area contributed by atoms with Gasteiger partial charge in [0.05, 0.1) is 6.10 Å². The van der Waals surface area contributed by atoms with Crippen molar-refractivity contribution in [1.29, 1.82) is 0 Å². The van der Waals surface area contributed by atoms with E-state index in [1.165, 1.54) is 18.2 Å². The van der Waals surface area contributed by atoms with E-state index in [1.54, 1.807) is 11.3 Å². The minimum Gasteiger partial charge on any atom is -0.378 e. The monoisotopic (exact) mass is 274 g/mol. The predicted molar refractivity (Wildman–Crippen MR) is 79.0 cm³/mol. The number of ether oxygens (including phenoxy) is 1. The van der Waals surface area contributed by atoms with Gasteiger partial charge in [-0.1, -0.05) is 12.1 Å². The van der Waals surface area contributed by atoms with Crippen molar-refractivity contribution in [3.8, 4) is 0 Å². The molecule has 1 atom stereocenters. The van der Waals surface area contributed by atoms with Gasteiger partial charge in [0.1, 0.15) is 0 Å². The summed E-state index contributed by atoms with van der Waals surface area (Å²) in [6, 6.07) is 8.05. The summed E-state index contributed by atoms with van der Waals surface area (Å²) in [4.78, 5) is 12.4. The van der Waals surface area contributed by atoms with Crippen LogP contribution in [0.5, 0.6) is 0 Å². The molecule has 100 valence electrons. The molecule has 1 aromatic heterocycles. The highest BCUT2D eigenvalue weighted by Crippen LogP contribution is 2.26. The highest BCUT2D eigenvalue weighted by molar-refractivity contribution is 7.17. The number of carbonyl (C=O) groups excluding carboxylic acids is 1. The van der Waals surface area contributed by atoms with Crippen molar-refractivity contribution in [2.24, 2.45) is 0 Å². The second kappa shape index (κ2) is 5.85. The molecule has 3 rings (SSSR count). The van der Waals surface area contributed by atoms with E-state index < -0.39 is 0 Å². The summed E-state index contributed by atoms with van der Waals surface area (Å²) in [5.74, 6) is 0.252. The lowest BCUT2D eigenvalue weighted by Gasteiger charge is -2.22. The number of rotatable bonds is 4. The van der Waals surface area contributed by atoms with Gasteiger partial charge in [-0.15, -0.1) is 11.3 Å². The van der Waals surface area contributed by atoms with Crippen molar-refractivity contribution in [3.05, 3.63) is 35.2 Å². The zero-order valence-electron chi connectivity index (χ0n) is 10.9. The second-order valence-corrected chi connectivity index (χ2v) is 6.01. The summed E-state index contributed by atoms with van der Waals surface area (Å²) in [5, 5.41) is 3.22. The summed E-state index contributed by atoms with van der Waals surface area (Å²) in [6.45, 7) is 0.860. The van der Waals surface area contributed by atoms with Gasteiger partial charge in [0.25, 0.3) is 0 Å². The maximum absolute atomic E-state index is 12.4. The first-order valence-corrected chi connectivity index (χ1v) is 7.83. The predicted octanol–water partition coefficient (Wildman–Crippen LogP) is 4.43. The Balaban J connectivity index is 1.68. The van der Waals surface area contributed by atoms with Gasteiger partial charge in [-0.3, -0.25) is 4.79 Å². The zero-order valence-corrected chi connectivity index (χ0v) is 11.7. The molecular weight excluding hydrogens is 256 g/mol. The number of benzene rings is 1. The SMILES string of the molecule is O=C(CCC1CCCCO1)c1cccc2ccsc12. The zero-order chi connectivity index (χ0) is 13.1. The molecule has 2 aromatic rings. The summed E-state index contributed by atoms with van der Waals surface area (Å²) in [6.07, 6.45) is 5.26. The second-order valence-electron chi connectivity index (χ2n) is 5.09. The summed E-state index contributed by atoms with van der Waals surface area (Å²) >= 11 is 1.65. The molecule has 0 aliphatic carbocycles. The third-order valence-electron chi connectivity index (χ3n) is 3.75. The number of hydrogen-bond donors (Lipinski definition) is 0. The molecule has 0 N–H and O–H groups in total. The molecule has 0 radical (unpaired) electrons. The van der Waals surface area contributed by atoms with Crippen LogP contribution in [0.15, 0.2) is 29.6 Å². The smallest absolute Gasteiger partial charge is 0.164 e. The quantitative estimate of drug-likeness (QED) is 0.771. The van der Waals surface area contributed by atoms with Crippen LogP contribution >= 0.6 is 11.3 Å². The van der Waals surface area contributed by atoms with Crippen LogP contribution in [-0.4, -0.2) is 18.5 Å². The summed E-state index contributed by atoms with van der Waals surface area (Å²) in [7, 11) is 0. The fourth-order valence-corrected chi connectivity index (χ4v) is 3.61. The van der Waals surface area contributed by atoms with Gasteiger partial charge >= 0.3 is 0 Å². The van der Waals surface area contributed by atoms with Crippen molar-refractivity contribution < 1.29 is 9.53 Å². The number of ketones is 1. The van der Waals surface area contributed by atoms with Gasteiger partial charge in [-0.25, -0.2) is 0 Å². The van der Waals surface area contributed by atoms with E-state index in [9.17, 15) is 4.79 Å². The fourth-order valence-electron chi connectivity index (χ4n) is 2.67. The Labute approximate surface area is 117 Å². The third-order valence-corrected chi connectivity index (χ3v) is 4.71. The minimum atomic E-state index is 0.252. The molecule has 0 amide bonds. The van der Waals surface area contributed by atoms with E-state index in [4.69, 9.17) is 4.74 Å². The molecule has 3 heteroatoms. The van der Waals surface area contributed by atoms with E-state index in [-0.39, 0.29) is 5.78 Å². The first-order valence-electron chi connectivity index (χ1n) is 6.95. The van der Waals surface area contributed by atoms with Gasteiger partial charge in [0, 0.05) is 23.3 Å². The fraction of sp³-hybridized carbons (Fsp3) is 0.438. The van der Waals surface area contributed by atoms with Crippen LogP contribution in [0.4, 0.5) is 0 Å². The van der Waals surface area contributed by atoms with Crippen LogP contribution in [0.1, 0.15) is 42.5 Å². The Morgan fingerprint density at radius 2 is 2.26 bits per heavy atom. The van der Waals surface area contributed by atoms with Gasteiger partial charge in [0.15, 0.2) is 5.78 Å². The Kier molecular flexibility index (Phi) is 3.95. The first-order chi connectivity index (χ1) is 9.34. The Bertz CT molecular complexity index is 567. The molecule has 0 spiro atoms. The molecular formula is C16H18O2S. The molecule has 1 fully saturated rings. The average Bonchev–Trinajstić information content (AvgIpc) is 2.94. The van der Waals surface area contributed by atoms with Crippen molar-refractivity contribution >= 4 is 27.2 Å². The van der Waals surface area contributed by atoms with Crippen molar-refractivity contribution in [1.82, 2.24) is 0 Å². The number of hydrogen-bond acceptors (Lipinski definition) is 3. The van der Waals surface area contributed by atoms with E-state index in [0.717, 1.165) is 29.7 Å². The average molecular weight is 274 g/mol. The Morgan fingerprint density at radius 1 is 1.32 bits per heavy atom. The maximum Gasteiger partial charge on any atom is 0.164 e. The van der Waals surface area contributed by atoms with E-state index in [0.29, 0.717) is 12.5 Å². The van der Waals surface area contributed by atoms with Crippen LogP contribution < -0.4 is 0 Å². The Hall–Kier alpha value is -1.19. The maximum atomic E-state index is 12.4. The van der Waals surface area contributed by atoms with Crippen molar-refractivity contribution in [2.75, 3.05) is 6.61 Å². The molecule has 1 aliphatic heterocycles. The van der Waals surface area contributed by atoms with E-state index in [2.05, 4.69) is 12.1 Å². The van der Waals surface area contributed by atoms with Crippen LogP contribution in [0.3, 0.4) is 0 Å². The van der Waals surface area contributed by atoms with Gasteiger partial charge in [-0.05, 0) is 48.6 Å².